The molecule has 0 bridgehead atoms. The van der Waals surface area contributed by atoms with Crippen molar-refractivity contribution in [3.8, 4) is 11.5 Å². The minimum atomic E-state index is -0.410. The number of hydrogen-bond acceptors (Lipinski definition) is 5. The second-order valence-electron chi connectivity index (χ2n) is 7.83. The Morgan fingerprint density at radius 1 is 0.844 bits per heavy atom. The van der Waals surface area contributed by atoms with E-state index in [2.05, 4.69) is 0 Å². The van der Waals surface area contributed by atoms with E-state index in [-0.39, 0.29) is 25.7 Å². The van der Waals surface area contributed by atoms with Gasteiger partial charge in [0.25, 0.3) is 5.91 Å². The van der Waals surface area contributed by atoms with E-state index in [9.17, 15) is 9.59 Å². The minimum absolute atomic E-state index is 0.181. The summed E-state index contributed by atoms with van der Waals surface area (Å²) < 4.78 is 16.0. The first kappa shape index (κ1) is 20.1. The molecule has 0 aliphatic carbocycles. The van der Waals surface area contributed by atoms with Crippen LogP contribution in [0.4, 0.5) is 11.4 Å². The van der Waals surface area contributed by atoms with Gasteiger partial charge in [-0.25, -0.2) is 0 Å². The van der Waals surface area contributed by atoms with Crippen LogP contribution in [0.15, 0.2) is 66.7 Å². The molecule has 0 aromatic heterocycles. The topological polar surface area (TPSA) is 65.1 Å². The molecule has 0 spiro atoms. The van der Waals surface area contributed by atoms with Gasteiger partial charge in [-0.1, -0.05) is 42.5 Å². The average molecular weight is 429 g/mol. The summed E-state index contributed by atoms with van der Waals surface area (Å²) in [5.41, 5.74) is 4.85. The van der Waals surface area contributed by atoms with Gasteiger partial charge in [-0.15, -0.1) is 0 Å². The minimum Gasteiger partial charge on any atom is -0.456 e. The van der Waals surface area contributed by atoms with Crippen molar-refractivity contribution in [2.24, 2.45) is 0 Å². The molecule has 2 heterocycles. The van der Waals surface area contributed by atoms with Crippen LogP contribution < -0.4 is 14.4 Å². The smallest absolute Gasteiger partial charge is 0.306 e. The fourth-order valence-corrected chi connectivity index (χ4v) is 4.17. The maximum atomic E-state index is 13.2. The quantitative estimate of drug-likeness (QED) is 0.564. The van der Waals surface area contributed by atoms with Gasteiger partial charge in [0, 0.05) is 6.42 Å². The van der Waals surface area contributed by atoms with Crippen molar-refractivity contribution in [1.29, 1.82) is 0 Å². The van der Waals surface area contributed by atoms with Crippen molar-refractivity contribution < 1.29 is 23.8 Å². The monoisotopic (exact) mass is 429 g/mol. The number of rotatable bonds is 5. The Morgan fingerprint density at radius 3 is 2.22 bits per heavy atom. The molecule has 3 aromatic carbocycles. The second-order valence-corrected chi connectivity index (χ2v) is 7.83. The third-order valence-corrected chi connectivity index (χ3v) is 5.79. The average Bonchev–Trinajstić information content (AvgIpc) is 3.22. The first-order chi connectivity index (χ1) is 15.7. The van der Waals surface area contributed by atoms with Crippen LogP contribution in [0.25, 0.3) is 0 Å². The van der Waals surface area contributed by atoms with Gasteiger partial charge in [0.15, 0.2) is 18.1 Å². The predicted octanol–water partition coefficient (Wildman–Crippen LogP) is 4.35. The number of anilines is 2. The number of amides is 1. The molecule has 3 aromatic rings. The first-order valence-electron chi connectivity index (χ1n) is 10.7. The van der Waals surface area contributed by atoms with Gasteiger partial charge in [-0.3, -0.25) is 14.5 Å². The van der Waals surface area contributed by atoms with E-state index in [0.717, 1.165) is 40.9 Å². The lowest BCUT2D eigenvalue weighted by Gasteiger charge is -2.24. The largest absolute Gasteiger partial charge is 0.456 e. The Balaban J connectivity index is 1.25. The number of ether oxygens (including phenoxy) is 3. The van der Waals surface area contributed by atoms with Crippen LogP contribution in [-0.2, 0) is 33.6 Å². The lowest BCUT2D eigenvalue weighted by atomic mass is 10.0. The van der Waals surface area contributed by atoms with Gasteiger partial charge in [-0.05, 0) is 60.2 Å². The maximum absolute atomic E-state index is 13.2. The van der Waals surface area contributed by atoms with Gasteiger partial charge in [-0.2, -0.15) is 0 Å². The molecule has 5 rings (SSSR count). The number of benzene rings is 3. The number of carbonyl (C=O) groups excluding carboxylic acids is 2. The molecule has 2 aliphatic rings. The van der Waals surface area contributed by atoms with E-state index in [1.54, 1.807) is 4.90 Å². The number of para-hydroxylation sites is 2. The number of hydrogen-bond donors (Lipinski definition) is 0. The van der Waals surface area contributed by atoms with Crippen LogP contribution in [0.3, 0.4) is 0 Å². The van der Waals surface area contributed by atoms with Crippen molar-refractivity contribution in [3.05, 3.63) is 83.4 Å². The molecule has 0 unspecified atom stereocenters. The fraction of sp³-hybridized carbons (Fsp3) is 0.231. The molecule has 1 amide bonds. The van der Waals surface area contributed by atoms with Crippen molar-refractivity contribution in [2.45, 2.75) is 25.7 Å². The summed E-state index contributed by atoms with van der Waals surface area (Å²) in [5, 5.41) is 0. The molecular weight excluding hydrogens is 406 g/mol. The van der Waals surface area contributed by atoms with Crippen molar-refractivity contribution in [2.75, 3.05) is 18.3 Å². The van der Waals surface area contributed by atoms with E-state index in [0.29, 0.717) is 17.9 Å². The summed E-state index contributed by atoms with van der Waals surface area (Å²) >= 11 is 0. The van der Waals surface area contributed by atoms with Gasteiger partial charge < -0.3 is 14.2 Å². The SMILES string of the molecule is O=C(CCc1ccc2c(c1)OCO2)OCC(=O)N1c2ccccc2CCc2ccccc21. The Labute approximate surface area is 186 Å². The number of esters is 1. The van der Waals surface area contributed by atoms with Gasteiger partial charge in [0.1, 0.15) is 0 Å². The summed E-state index contributed by atoms with van der Waals surface area (Å²) in [7, 11) is 0. The van der Waals surface area contributed by atoms with Crippen LogP contribution in [0, 0.1) is 0 Å². The van der Waals surface area contributed by atoms with Crippen LogP contribution in [-0.4, -0.2) is 25.3 Å². The molecule has 0 N–H and O–H groups in total. The zero-order valence-corrected chi connectivity index (χ0v) is 17.6. The molecule has 0 atom stereocenters. The van der Waals surface area contributed by atoms with Crippen LogP contribution >= 0.6 is 0 Å². The van der Waals surface area contributed by atoms with Crippen molar-refractivity contribution >= 4 is 23.3 Å². The highest BCUT2D eigenvalue weighted by molar-refractivity contribution is 6.03. The van der Waals surface area contributed by atoms with E-state index in [4.69, 9.17) is 14.2 Å². The van der Waals surface area contributed by atoms with Gasteiger partial charge in [0.2, 0.25) is 6.79 Å². The van der Waals surface area contributed by atoms with Crippen molar-refractivity contribution in [3.63, 3.8) is 0 Å². The summed E-state index contributed by atoms with van der Waals surface area (Å²) in [6, 6.07) is 21.4. The summed E-state index contributed by atoms with van der Waals surface area (Å²) in [4.78, 5) is 27.2. The summed E-state index contributed by atoms with van der Waals surface area (Å²) in [5.74, 6) is 0.722. The molecule has 0 saturated heterocycles. The highest BCUT2D eigenvalue weighted by atomic mass is 16.7. The molecule has 0 fully saturated rings. The third kappa shape index (κ3) is 4.04. The lowest BCUT2D eigenvalue weighted by molar-refractivity contribution is -0.147. The first-order valence-corrected chi connectivity index (χ1v) is 10.7. The Bertz CT molecular complexity index is 1120. The summed E-state index contributed by atoms with van der Waals surface area (Å²) in [6.07, 6.45) is 2.39. The molecule has 6 nitrogen and oxygen atoms in total. The predicted molar refractivity (Wildman–Crippen MR) is 119 cm³/mol. The number of aryl methyl sites for hydroxylation is 3. The van der Waals surface area contributed by atoms with Gasteiger partial charge in [0.05, 0.1) is 11.4 Å². The van der Waals surface area contributed by atoms with Crippen LogP contribution in [0.2, 0.25) is 0 Å². The molecule has 0 saturated carbocycles. The Hall–Kier alpha value is -3.80. The number of fused-ring (bicyclic) bond motifs is 3. The Kier molecular flexibility index (Phi) is 5.50. The zero-order chi connectivity index (χ0) is 21.9. The highest BCUT2D eigenvalue weighted by Crippen LogP contribution is 2.36. The molecule has 2 aliphatic heterocycles. The lowest BCUT2D eigenvalue weighted by Crippen LogP contribution is -2.31. The normalized spacial score (nSPS) is 13.7. The number of nitrogens with zero attached hydrogens (tertiary/aromatic N) is 1. The molecule has 6 heteroatoms. The Morgan fingerprint density at radius 2 is 1.50 bits per heavy atom. The van der Waals surface area contributed by atoms with E-state index >= 15 is 0 Å². The highest BCUT2D eigenvalue weighted by Gasteiger charge is 2.26. The van der Waals surface area contributed by atoms with Crippen LogP contribution in [0.5, 0.6) is 11.5 Å². The van der Waals surface area contributed by atoms with Crippen LogP contribution in [0.1, 0.15) is 23.1 Å². The molecule has 32 heavy (non-hydrogen) atoms. The van der Waals surface area contributed by atoms with E-state index in [1.165, 1.54) is 0 Å². The number of carbonyl (C=O) groups is 2. The van der Waals surface area contributed by atoms with Gasteiger partial charge >= 0.3 is 5.97 Å². The molecule has 162 valence electrons. The molecular formula is C26H23NO5. The summed E-state index contributed by atoms with van der Waals surface area (Å²) in [6.45, 7) is -0.0890. The standard InChI is InChI=1S/C26H23NO5/c28-25(16-30-26(29)14-10-18-9-13-23-24(15-18)32-17-31-23)27-21-7-3-1-5-19(21)11-12-20-6-2-4-8-22(20)27/h1-9,13,15H,10-12,14,16-17H2. The fourth-order valence-electron chi connectivity index (χ4n) is 4.17. The van der Waals surface area contributed by atoms with E-state index in [1.807, 2.05) is 66.7 Å². The zero-order valence-electron chi connectivity index (χ0n) is 17.6. The van der Waals surface area contributed by atoms with Crippen molar-refractivity contribution in [1.82, 2.24) is 0 Å². The second kappa shape index (κ2) is 8.75. The maximum Gasteiger partial charge on any atom is 0.306 e. The van der Waals surface area contributed by atoms with E-state index < -0.39 is 5.97 Å². The molecule has 0 radical (unpaired) electrons. The third-order valence-electron chi connectivity index (χ3n) is 5.79.